The van der Waals surface area contributed by atoms with E-state index in [9.17, 15) is 18.0 Å². The van der Waals surface area contributed by atoms with Gasteiger partial charge in [-0.2, -0.15) is 0 Å². The number of nitrogens with one attached hydrogen (secondary N) is 1. The van der Waals surface area contributed by atoms with E-state index in [1.165, 1.54) is 24.1 Å². The van der Waals surface area contributed by atoms with Crippen LogP contribution in [0.3, 0.4) is 0 Å². The van der Waals surface area contributed by atoms with Gasteiger partial charge >= 0.3 is 0 Å². The summed E-state index contributed by atoms with van der Waals surface area (Å²) in [5.74, 6) is 0.154. The van der Waals surface area contributed by atoms with Crippen molar-refractivity contribution in [3.8, 4) is 11.5 Å². The van der Waals surface area contributed by atoms with Gasteiger partial charge in [-0.1, -0.05) is 73.2 Å². The molecule has 9 nitrogen and oxygen atoms in total. The molecule has 0 fully saturated rings. The number of anilines is 1. The first-order valence-electron chi connectivity index (χ1n) is 15.6. The Bertz CT molecular complexity index is 1750. The van der Waals surface area contributed by atoms with Gasteiger partial charge in [0.05, 0.1) is 24.8 Å². The zero-order chi connectivity index (χ0) is 34.0. The number of hydrogen-bond acceptors (Lipinski definition) is 6. The summed E-state index contributed by atoms with van der Waals surface area (Å²) in [5.41, 5.74) is 2.73. The first-order valence-corrected chi connectivity index (χ1v) is 17.0. The number of nitrogens with zero attached hydrogens (tertiary/aromatic N) is 2. The van der Waals surface area contributed by atoms with Gasteiger partial charge in [0.1, 0.15) is 24.1 Å². The summed E-state index contributed by atoms with van der Waals surface area (Å²) >= 11 is 0. The molecule has 0 unspecified atom stereocenters. The predicted octanol–water partition coefficient (Wildman–Crippen LogP) is 5.76. The topological polar surface area (TPSA) is 105 Å². The van der Waals surface area contributed by atoms with Crippen LogP contribution >= 0.6 is 0 Å². The Morgan fingerprint density at radius 2 is 1.43 bits per heavy atom. The van der Waals surface area contributed by atoms with Crippen molar-refractivity contribution >= 4 is 27.5 Å². The second kappa shape index (κ2) is 16.1. The molecule has 0 aliphatic rings. The van der Waals surface area contributed by atoms with Gasteiger partial charge in [-0.25, -0.2) is 8.42 Å². The largest absolute Gasteiger partial charge is 0.497 e. The molecule has 10 heteroatoms. The molecule has 0 radical (unpaired) electrons. The number of methoxy groups -OCH3 is 2. The van der Waals surface area contributed by atoms with Gasteiger partial charge in [-0.15, -0.1) is 0 Å². The van der Waals surface area contributed by atoms with Crippen LogP contribution in [-0.2, 0) is 32.6 Å². The smallest absolute Gasteiger partial charge is 0.264 e. The quantitative estimate of drug-likeness (QED) is 0.174. The Hall–Kier alpha value is -4.83. The van der Waals surface area contributed by atoms with Gasteiger partial charge in [-0.3, -0.25) is 13.9 Å². The predicted molar refractivity (Wildman–Crippen MR) is 184 cm³/mol. The van der Waals surface area contributed by atoms with Gasteiger partial charge < -0.3 is 19.7 Å². The maximum atomic E-state index is 14.6. The van der Waals surface area contributed by atoms with Crippen LogP contribution < -0.4 is 19.1 Å². The summed E-state index contributed by atoms with van der Waals surface area (Å²) in [6.07, 6.45) is 0.925. The van der Waals surface area contributed by atoms with Crippen molar-refractivity contribution in [3.05, 3.63) is 120 Å². The van der Waals surface area contributed by atoms with Gasteiger partial charge in [0.15, 0.2) is 0 Å². The maximum Gasteiger partial charge on any atom is 0.264 e. The van der Waals surface area contributed by atoms with Crippen LogP contribution in [0.2, 0.25) is 0 Å². The van der Waals surface area contributed by atoms with E-state index in [0.717, 1.165) is 21.0 Å². The molecule has 0 spiro atoms. The van der Waals surface area contributed by atoms with E-state index in [1.54, 1.807) is 55.6 Å². The summed E-state index contributed by atoms with van der Waals surface area (Å²) in [6, 6.07) is 28.7. The van der Waals surface area contributed by atoms with Crippen LogP contribution in [0.1, 0.15) is 37.0 Å². The summed E-state index contributed by atoms with van der Waals surface area (Å²) in [7, 11) is -1.18. The average Bonchev–Trinajstić information content (AvgIpc) is 3.09. The third-order valence-corrected chi connectivity index (χ3v) is 9.78. The zero-order valence-corrected chi connectivity index (χ0v) is 28.4. The lowest BCUT2D eigenvalue weighted by Gasteiger charge is -2.34. The van der Waals surface area contributed by atoms with Crippen molar-refractivity contribution in [3.63, 3.8) is 0 Å². The second-order valence-corrected chi connectivity index (χ2v) is 13.3. The Labute approximate surface area is 278 Å². The lowest BCUT2D eigenvalue weighted by molar-refractivity contribution is -0.140. The molecule has 0 aliphatic heterocycles. The normalized spacial score (nSPS) is 12.4. The lowest BCUT2D eigenvalue weighted by atomic mass is 10.0. The molecular weight excluding hydrogens is 614 g/mol. The highest BCUT2D eigenvalue weighted by Gasteiger charge is 2.35. The number of carbonyl (C=O) groups is 2. The molecule has 4 aromatic carbocycles. The van der Waals surface area contributed by atoms with Gasteiger partial charge in [0.2, 0.25) is 11.8 Å². The van der Waals surface area contributed by atoms with Crippen molar-refractivity contribution in [2.24, 2.45) is 0 Å². The van der Waals surface area contributed by atoms with Crippen LogP contribution in [0.4, 0.5) is 5.69 Å². The van der Waals surface area contributed by atoms with E-state index in [1.807, 2.05) is 63.2 Å². The number of carbonyl (C=O) groups excluding carboxylic acids is 2. The molecule has 0 saturated carbocycles. The molecule has 2 atom stereocenters. The Morgan fingerprint density at radius 3 is 2.06 bits per heavy atom. The van der Waals surface area contributed by atoms with Crippen molar-refractivity contribution < 1.29 is 27.5 Å². The number of hydrogen-bond donors (Lipinski definition) is 1. The molecule has 0 aliphatic carbocycles. The number of aryl methyl sites for hydroxylation is 1. The fourth-order valence-electron chi connectivity index (χ4n) is 5.09. The summed E-state index contributed by atoms with van der Waals surface area (Å²) in [5, 5.41) is 3.05. The Balaban J connectivity index is 1.83. The number of rotatable bonds is 15. The minimum atomic E-state index is -4.23. The van der Waals surface area contributed by atoms with Crippen LogP contribution in [-0.4, -0.2) is 58.0 Å². The molecule has 2 amide bonds. The molecule has 0 heterocycles. The highest BCUT2D eigenvalue weighted by Crippen LogP contribution is 2.28. The van der Waals surface area contributed by atoms with Gasteiger partial charge in [-0.05, 0) is 67.8 Å². The lowest BCUT2D eigenvalue weighted by Crippen LogP contribution is -2.54. The van der Waals surface area contributed by atoms with Crippen molar-refractivity contribution in [1.82, 2.24) is 10.2 Å². The van der Waals surface area contributed by atoms with Gasteiger partial charge in [0.25, 0.3) is 10.0 Å². The van der Waals surface area contributed by atoms with Crippen molar-refractivity contribution in [1.29, 1.82) is 0 Å². The van der Waals surface area contributed by atoms with Crippen molar-refractivity contribution in [2.75, 3.05) is 25.1 Å². The van der Waals surface area contributed by atoms with Crippen LogP contribution in [0.15, 0.2) is 108 Å². The molecule has 0 bridgehead atoms. The maximum absolute atomic E-state index is 14.6. The highest BCUT2D eigenvalue weighted by atomic mass is 32.2. The number of sulfonamides is 1. The average molecular weight is 658 g/mol. The minimum Gasteiger partial charge on any atom is -0.497 e. The zero-order valence-electron chi connectivity index (χ0n) is 27.6. The van der Waals surface area contributed by atoms with E-state index < -0.39 is 28.5 Å². The Morgan fingerprint density at radius 1 is 0.809 bits per heavy atom. The summed E-state index contributed by atoms with van der Waals surface area (Å²) in [6.45, 7) is 5.23. The molecule has 248 valence electrons. The van der Waals surface area contributed by atoms with Crippen LogP contribution in [0.5, 0.6) is 11.5 Å². The monoisotopic (exact) mass is 657 g/mol. The molecule has 0 saturated heterocycles. The molecule has 0 aromatic heterocycles. The van der Waals surface area contributed by atoms with E-state index in [0.29, 0.717) is 17.9 Å². The van der Waals surface area contributed by atoms with Crippen LogP contribution in [0.25, 0.3) is 0 Å². The third kappa shape index (κ3) is 9.13. The third-order valence-electron chi connectivity index (χ3n) is 7.99. The molecule has 1 N–H and O–H groups in total. The SMILES string of the molecule is CC[C@@H](C)NC(=O)[C@@H](Cc1ccccc1)N(Cc1cccc(OC)c1)C(=O)CN(c1cccc(OC)c1)S(=O)(=O)c1ccc(C)cc1. The number of benzene rings is 4. The summed E-state index contributed by atoms with van der Waals surface area (Å²) in [4.78, 5) is 30.1. The molecular formula is C37H43N3O6S. The first kappa shape index (κ1) is 35.0. The number of amides is 2. The van der Waals surface area contributed by atoms with Gasteiger partial charge in [0, 0.05) is 25.1 Å². The van der Waals surface area contributed by atoms with E-state index in [4.69, 9.17) is 9.47 Å². The Kier molecular flexibility index (Phi) is 12.0. The van der Waals surface area contributed by atoms with E-state index in [2.05, 4.69) is 5.32 Å². The fourth-order valence-corrected chi connectivity index (χ4v) is 6.50. The van der Waals surface area contributed by atoms with E-state index in [-0.39, 0.29) is 35.5 Å². The van der Waals surface area contributed by atoms with E-state index >= 15 is 0 Å². The van der Waals surface area contributed by atoms with Crippen LogP contribution in [0, 0.1) is 6.92 Å². The minimum absolute atomic E-state index is 0.0356. The molecule has 4 aromatic rings. The number of ether oxygens (including phenoxy) is 2. The highest BCUT2D eigenvalue weighted by molar-refractivity contribution is 7.92. The molecule has 47 heavy (non-hydrogen) atoms. The molecule has 4 rings (SSSR count). The second-order valence-electron chi connectivity index (χ2n) is 11.4. The first-order chi connectivity index (χ1) is 22.5. The summed E-state index contributed by atoms with van der Waals surface area (Å²) < 4.78 is 40.4. The fraction of sp³-hybridized carbons (Fsp3) is 0.297. The van der Waals surface area contributed by atoms with Crippen molar-refractivity contribution in [2.45, 2.75) is 57.1 Å². The standard InChI is InChI=1S/C37H43N3O6S/c1-6-28(3)38-37(42)35(23-29-12-8-7-9-13-29)39(25-30-14-10-16-32(22-30)45-4)36(41)26-40(31-15-11-17-33(24-31)46-5)47(43,44)34-20-18-27(2)19-21-34/h7-22,24,28,35H,6,23,25-26H2,1-5H3,(H,38,42)/t28-,35-/m1/s1.